The van der Waals surface area contributed by atoms with Gasteiger partial charge in [-0.25, -0.2) is 4.79 Å². The number of carbonyl (C=O) groups is 6. The fourth-order valence-corrected chi connectivity index (χ4v) is 4.35. The number of amides is 4. The molecular weight excluding hydrogens is 546 g/mol. The largest absolute Gasteiger partial charge is 0.481 e. The molecule has 0 aliphatic rings. The molecule has 0 unspecified atom stereocenters. The summed E-state index contributed by atoms with van der Waals surface area (Å²) in [7, 11) is 0. The molecule has 42 heavy (non-hydrogen) atoms. The van der Waals surface area contributed by atoms with Gasteiger partial charge in [-0.1, -0.05) is 55.4 Å². The first-order chi connectivity index (χ1) is 19.3. The zero-order chi connectivity index (χ0) is 32.7. The molecule has 8 N–H and O–H groups in total. The van der Waals surface area contributed by atoms with Gasteiger partial charge in [-0.05, 0) is 55.8 Å². The van der Waals surface area contributed by atoms with Crippen LogP contribution in [0.5, 0.6) is 0 Å². The summed E-state index contributed by atoms with van der Waals surface area (Å²) >= 11 is 0. The summed E-state index contributed by atoms with van der Waals surface area (Å²) in [6.45, 7) is 14.8. The molecule has 0 fully saturated rings. The van der Waals surface area contributed by atoms with Crippen molar-refractivity contribution >= 4 is 35.6 Å². The summed E-state index contributed by atoms with van der Waals surface area (Å²) in [6.07, 6.45) is 0.346. The maximum Gasteiger partial charge on any atom is 0.326 e. The molecule has 0 aliphatic carbocycles. The molecule has 0 saturated heterocycles. The number of aliphatic carboxylic acids is 2. The minimum absolute atomic E-state index is 0.00432. The topological polar surface area (TPSA) is 217 Å². The Morgan fingerprint density at radius 2 is 0.857 bits per heavy atom. The van der Waals surface area contributed by atoms with Crippen molar-refractivity contribution in [3.05, 3.63) is 0 Å². The Morgan fingerprint density at radius 3 is 1.21 bits per heavy atom. The molecule has 0 rings (SSSR count). The first kappa shape index (κ1) is 38.8. The Hall–Kier alpha value is -3.22. The molecule has 5 atom stereocenters. The van der Waals surface area contributed by atoms with Gasteiger partial charge in [-0.3, -0.25) is 24.0 Å². The smallest absolute Gasteiger partial charge is 0.326 e. The third-order valence-corrected chi connectivity index (χ3v) is 6.34. The van der Waals surface area contributed by atoms with E-state index in [0.717, 1.165) is 0 Å². The van der Waals surface area contributed by atoms with E-state index in [0.29, 0.717) is 6.42 Å². The number of carboxylic acid groups (broad SMARTS) is 2. The van der Waals surface area contributed by atoms with Gasteiger partial charge in [-0.2, -0.15) is 0 Å². The molecular formula is C29H53N5O8. The van der Waals surface area contributed by atoms with E-state index in [-0.39, 0.29) is 49.4 Å². The van der Waals surface area contributed by atoms with Crippen molar-refractivity contribution in [1.82, 2.24) is 21.3 Å². The van der Waals surface area contributed by atoms with E-state index >= 15 is 0 Å². The molecule has 0 radical (unpaired) electrons. The first-order valence-corrected chi connectivity index (χ1v) is 14.7. The predicted molar refractivity (Wildman–Crippen MR) is 158 cm³/mol. The van der Waals surface area contributed by atoms with Crippen LogP contribution in [0.1, 0.15) is 93.9 Å². The van der Waals surface area contributed by atoms with Crippen LogP contribution in [-0.4, -0.2) is 76.0 Å². The summed E-state index contributed by atoms with van der Waals surface area (Å²) in [5, 5.41) is 29.0. The van der Waals surface area contributed by atoms with Crippen LogP contribution in [0.3, 0.4) is 0 Å². The van der Waals surface area contributed by atoms with Crippen molar-refractivity contribution in [3.63, 3.8) is 0 Å². The van der Waals surface area contributed by atoms with Crippen molar-refractivity contribution in [1.29, 1.82) is 0 Å². The summed E-state index contributed by atoms with van der Waals surface area (Å²) < 4.78 is 0. The van der Waals surface area contributed by atoms with Gasteiger partial charge < -0.3 is 37.2 Å². The van der Waals surface area contributed by atoms with E-state index < -0.39 is 72.2 Å². The van der Waals surface area contributed by atoms with Crippen molar-refractivity contribution in [3.8, 4) is 0 Å². The van der Waals surface area contributed by atoms with Gasteiger partial charge in [0.1, 0.15) is 24.2 Å². The monoisotopic (exact) mass is 599 g/mol. The molecule has 13 heteroatoms. The second-order valence-corrected chi connectivity index (χ2v) is 12.6. The molecule has 0 aromatic rings. The fourth-order valence-electron chi connectivity index (χ4n) is 4.35. The SMILES string of the molecule is CC(C)C[C@H](NC(=O)[C@H](CC(C)C)NC(=O)[C@H](CC(C)C)NC(=O)[C@H](CCC(=O)O)NC(=O)[C@@H](N)CC(C)C)C(=O)O. The normalized spacial score (nSPS) is 15.1. The molecule has 0 aliphatic heterocycles. The van der Waals surface area contributed by atoms with Crippen LogP contribution < -0.4 is 27.0 Å². The van der Waals surface area contributed by atoms with E-state index in [2.05, 4.69) is 21.3 Å². The van der Waals surface area contributed by atoms with E-state index in [1.165, 1.54) is 0 Å². The molecule has 0 aromatic carbocycles. The van der Waals surface area contributed by atoms with E-state index in [1.807, 2.05) is 55.4 Å². The highest BCUT2D eigenvalue weighted by Gasteiger charge is 2.32. The van der Waals surface area contributed by atoms with E-state index in [1.54, 1.807) is 0 Å². The quantitative estimate of drug-likeness (QED) is 0.107. The Bertz CT molecular complexity index is 922. The van der Waals surface area contributed by atoms with Crippen LogP contribution in [0.2, 0.25) is 0 Å². The molecule has 4 amide bonds. The van der Waals surface area contributed by atoms with Crippen LogP contribution in [0.4, 0.5) is 0 Å². The Kier molecular flexibility index (Phi) is 17.6. The van der Waals surface area contributed by atoms with Gasteiger partial charge in [0.05, 0.1) is 6.04 Å². The second-order valence-electron chi connectivity index (χ2n) is 12.6. The Labute approximate surface area is 249 Å². The third-order valence-electron chi connectivity index (χ3n) is 6.34. The summed E-state index contributed by atoms with van der Waals surface area (Å²) in [6, 6.07) is -5.46. The van der Waals surface area contributed by atoms with Gasteiger partial charge in [0.15, 0.2) is 0 Å². The third kappa shape index (κ3) is 16.3. The number of hydrogen-bond acceptors (Lipinski definition) is 7. The number of nitrogens with one attached hydrogen (secondary N) is 4. The van der Waals surface area contributed by atoms with E-state index in [9.17, 15) is 33.9 Å². The molecule has 0 saturated carbocycles. The lowest BCUT2D eigenvalue weighted by Crippen LogP contribution is -2.59. The predicted octanol–water partition coefficient (Wildman–Crippen LogP) is 1.39. The first-order valence-electron chi connectivity index (χ1n) is 14.7. The molecule has 0 aromatic heterocycles. The number of carbonyl (C=O) groups excluding carboxylic acids is 4. The van der Waals surface area contributed by atoms with Crippen LogP contribution in [0, 0.1) is 23.7 Å². The Morgan fingerprint density at radius 1 is 0.524 bits per heavy atom. The molecule has 13 nitrogen and oxygen atoms in total. The van der Waals surface area contributed by atoms with Gasteiger partial charge in [0.25, 0.3) is 0 Å². The maximum atomic E-state index is 13.4. The summed E-state index contributed by atoms with van der Waals surface area (Å²) in [5.74, 6) is -4.99. The van der Waals surface area contributed by atoms with Crippen molar-refractivity contribution in [2.24, 2.45) is 29.4 Å². The number of nitrogens with two attached hydrogens (primary N) is 1. The molecule has 0 bridgehead atoms. The molecule has 0 spiro atoms. The minimum Gasteiger partial charge on any atom is -0.481 e. The summed E-state index contributed by atoms with van der Waals surface area (Å²) in [5.41, 5.74) is 5.94. The highest BCUT2D eigenvalue weighted by Crippen LogP contribution is 2.12. The minimum atomic E-state index is -1.25. The molecule has 0 heterocycles. The zero-order valence-corrected chi connectivity index (χ0v) is 26.4. The lowest BCUT2D eigenvalue weighted by atomic mass is 9.98. The standard InChI is InChI=1S/C29H53N5O8/c1-15(2)11-19(30)25(37)31-20(9-10-24(35)36)26(38)32-21(12-16(3)4)27(39)33-22(13-17(5)6)28(40)34-23(29(41)42)14-18(7)8/h15-23H,9-14,30H2,1-8H3,(H,31,37)(H,32,38)(H,33,39)(H,34,40)(H,35,36)(H,41,42)/t19-,20-,21-,22-,23-/m0/s1. The fraction of sp³-hybridized carbons (Fsp3) is 0.793. The zero-order valence-electron chi connectivity index (χ0n) is 26.4. The molecule has 242 valence electrons. The number of rotatable bonds is 20. The lowest BCUT2D eigenvalue weighted by molar-refractivity contribution is -0.143. The highest BCUT2D eigenvalue weighted by molar-refractivity contribution is 5.95. The van der Waals surface area contributed by atoms with Crippen molar-refractivity contribution < 1.29 is 39.0 Å². The van der Waals surface area contributed by atoms with Crippen LogP contribution in [-0.2, 0) is 28.8 Å². The van der Waals surface area contributed by atoms with Gasteiger partial charge in [0.2, 0.25) is 23.6 Å². The summed E-state index contributed by atoms with van der Waals surface area (Å²) in [4.78, 5) is 75.3. The van der Waals surface area contributed by atoms with Crippen LogP contribution >= 0.6 is 0 Å². The average molecular weight is 600 g/mol. The van der Waals surface area contributed by atoms with Gasteiger partial charge in [-0.15, -0.1) is 0 Å². The van der Waals surface area contributed by atoms with Crippen molar-refractivity contribution in [2.75, 3.05) is 0 Å². The second kappa shape index (κ2) is 19.1. The number of carboxylic acids is 2. The Balaban J connectivity index is 5.91. The van der Waals surface area contributed by atoms with Gasteiger partial charge in [0, 0.05) is 6.42 Å². The van der Waals surface area contributed by atoms with Gasteiger partial charge >= 0.3 is 11.9 Å². The highest BCUT2D eigenvalue weighted by atomic mass is 16.4. The van der Waals surface area contributed by atoms with Crippen molar-refractivity contribution in [2.45, 2.75) is 124 Å². The van der Waals surface area contributed by atoms with E-state index in [4.69, 9.17) is 10.8 Å². The van der Waals surface area contributed by atoms with Crippen LogP contribution in [0.25, 0.3) is 0 Å². The number of hydrogen-bond donors (Lipinski definition) is 7. The lowest BCUT2D eigenvalue weighted by Gasteiger charge is -2.28. The van der Waals surface area contributed by atoms with Crippen LogP contribution in [0.15, 0.2) is 0 Å². The maximum absolute atomic E-state index is 13.4. The average Bonchev–Trinajstić information content (AvgIpc) is 2.83.